The Hall–Kier alpha value is -6.44. The molecule has 0 radical (unpaired) electrons. The molecule has 8 aromatic carbocycles. The van der Waals surface area contributed by atoms with Gasteiger partial charge in [-0.15, -0.1) is 0 Å². The first-order valence-electron chi connectivity index (χ1n) is 17.2. The highest BCUT2D eigenvalue weighted by Gasteiger charge is 2.16. The van der Waals surface area contributed by atoms with Gasteiger partial charge >= 0.3 is 0 Å². The minimum absolute atomic E-state index is 0.827. The van der Waals surface area contributed by atoms with Crippen molar-refractivity contribution in [1.82, 2.24) is 4.57 Å². The monoisotopic (exact) mass is 637 g/mol. The fourth-order valence-corrected chi connectivity index (χ4v) is 7.37. The van der Waals surface area contributed by atoms with Crippen LogP contribution in [0, 0.1) is 0 Å². The van der Waals surface area contributed by atoms with Crippen LogP contribution in [0.25, 0.3) is 77.2 Å². The van der Waals surface area contributed by atoms with Crippen molar-refractivity contribution in [2.24, 2.45) is 0 Å². The summed E-state index contributed by atoms with van der Waals surface area (Å²) in [5, 5.41) is 5.11. The van der Waals surface area contributed by atoms with E-state index in [-0.39, 0.29) is 0 Å². The van der Waals surface area contributed by atoms with Crippen molar-refractivity contribution in [2.45, 2.75) is 6.42 Å². The van der Waals surface area contributed by atoms with Crippen molar-refractivity contribution in [1.29, 1.82) is 0 Å². The third-order valence-corrected chi connectivity index (χ3v) is 9.99. The summed E-state index contributed by atoms with van der Waals surface area (Å²) in [6.45, 7) is 4.42. The Labute approximate surface area is 293 Å². The average molecular weight is 638 g/mol. The highest BCUT2D eigenvalue weighted by Crippen LogP contribution is 2.39. The summed E-state index contributed by atoms with van der Waals surface area (Å²) in [6, 6.07) is 67.9. The minimum atomic E-state index is 0.827. The van der Waals surface area contributed by atoms with Gasteiger partial charge in [0.05, 0.1) is 11.0 Å². The van der Waals surface area contributed by atoms with Gasteiger partial charge in [-0.05, 0) is 97.6 Å². The van der Waals surface area contributed by atoms with E-state index < -0.39 is 0 Å². The smallest absolute Gasteiger partial charge is 0.0547 e. The third kappa shape index (κ3) is 5.40. The number of hydrogen-bond donors (Lipinski definition) is 0. The molecule has 1 heterocycles. The van der Waals surface area contributed by atoms with Crippen LogP contribution in [0.5, 0.6) is 0 Å². The number of nitrogens with zero attached hydrogens (tertiary/aromatic N) is 1. The van der Waals surface area contributed by atoms with Crippen LogP contribution in [0.1, 0.15) is 11.1 Å². The second kappa shape index (κ2) is 12.5. The molecule has 0 saturated heterocycles. The van der Waals surface area contributed by atoms with Crippen LogP contribution >= 0.6 is 0 Å². The molecule has 0 aliphatic heterocycles. The van der Waals surface area contributed by atoms with Gasteiger partial charge in [-0.25, -0.2) is 0 Å². The van der Waals surface area contributed by atoms with Crippen molar-refractivity contribution >= 4 is 38.2 Å². The standard InChI is InChI=1S/C49H35N/c1-34(32-35-16-18-38(19-17-35)37-10-4-2-5-11-37)36-20-22-39(23-21-36)40-24-26-41(27-25-40)43-29-30-47-46(33-43)49-45-15-9-8-12-42(45)28-31-48(49)50(47)44-13-6-3-7-14-44/h2-31,33H,1,32H2. The van der Waals surface area contributed by atoms with Gasteiger partial charge in [0, 0.05) is 16.5 Å². The van der Waals surface area contributed by atoms with Gasteiger partial charge in [-0.1, -0.05) is 164 Å². The number of benzene rings is 8. The first-order chi connectivity index (χ1) is 24.7. The van der Waals surface area contributed by atoms with E-state index >= 15 is 0 Å². The van der Waals surface area contributed by atoms with Crippen LogP contribution < -0.4 is 0 Å². The zero-order valence-corrected chi connectivity index (χ0v) is 27.8. The van der Waals surface area contributed by atoms with Gasteiger partial charge in [0.1, 0.15) is 0 Å². The average Bonchev–Trinajstić information content (AvgIpc) is 3.53. The zero-order valence-electron chi connectivity index (χ0n) is 27.8. The molecule has 0 amide bonds. The van der Waals surface area contributed by atoms with Crippen molar-refractivity contribution in [2.75, 3.05) is 0 Å². The van der Waals surface area contributed by atoms with Gasteiger partial charge in [-0.2, -0.15) is 0 Å². The van der Waals surface area contributed by atoms with Crippen molar-refractivity contribution < 1.29 is 0 Å². The molecule has 0 unspecified atom stereocenters. The number of allylic oxidation sites excluding steroid dienone is 1. The highest BCUT2D eigenvalue weighted by molar-refractivity contribution is 6.21. The molecule has 0 atom stereocenters. The molecule has 0 N–H and O–H groups in total. The zero-order chi connectivity index (χ0) is 33.4. The Morgan fingerprint density at radius 1 is 0.420 bits per heavy atom. The maximum absolute atomic E-state index is 4.42. The molecule has 9 rings (SSSR count). The molecule has 0 aliphatic rings. The Morgan fingerprint density at radius 3 is 1.64 bits per heavy atom. The summed E-state index contributed by atoms with van der Waals surface area (Å²) >= 11 is 0. The van der Waals surface area contributed by atoms with E-state index in [1.165, 1.54) is 82.8 Å². The van der Waals surface area contributed by atoms with Gasteiger partial charge in [0.2, 0.25) is 0 Å². The predicted molar refractivity (Wildman–Crippen MR) is 214 cm³/mol. The quantitative estimate of drug-likeness (QED) is 0.164. The number of para-hydroxylation sites is 1. The molecule has 0 saturated carbocycles. The lowest BCUT2D eigenvalue weighted by atomic mass is 9.95. The Bertz CT molecular complexity index is 2630. The number of hydrogen-bond acceptors (Lipinski definition) is 0. The van der Waals surface area contributed by atoms with Crippen LogP contribution in [-0.2, 0) is 6.42 Å². The van der Waals surface area contributed by atoms with Gasteiger partial charge in [-0.3, -0.25) is 0 Å². The van der Waals surface area contributed by atoms with Gasteiger partial charge in [0.25, 0.3) is 0 Å². The molecule has 9 aromatic rings. The van der Waals surface area contributed by atoms with Crippen molar-refractivity contribution in [3.8, 4) is 39.1 Å². The second-order valence-corrected chi connectivity index (χ2v) is 13.1. The molecule has 0 spiro atoms. The lowest BCUT2D eigenvalue weighted by molar-refractivity contribution is 1.18. The van der Waals surface area contributed by atoms with Crippen molar-refractivity contribution in [3.63, 3.8) is 0 Å². The summed E-state index contributed by atoms with van der Waals surface area (Å²) in [4.78, 5) is 0. The largest absolute Gasteiger partial charge is 0.309 e. The Kier molecular flexibility index (Phi) is 7.44. The van der Waals surface area contributed by atoms with Gasteiger partial charge < -0.3 is 4.57 Å². The van der Waals surface area contributed by atoms with Crippen molar-refractivity contribution in [3.05, 3.63) is 206 Å². The molecule has 1 heteroatoms. The SMILES string of the molecule is C=C(Cc1ccc(-c2ccccc2)cc1)c1ccc(-c2ccc(-c3ccc4c(c3)c3c5ccccc5ccc3n4-c3ccccc3)cc2)cc1. The van der Waals surface area contributed by atoms with E-state index in [9.17, 15) is 0 Å². The fraction of sp³-hybridized carbons (Fsp3) is 0.0204. The molecule has 0 aliphatic carbocycles. The van der Waals surface area contributed by atoms with Crippen LogP contribution in [0.15, 0.2) is 195 Å². The van der Waals surface area contributed by atoms with E-state index in [0.717, 1.165) is 12.0 Å². The van der Waals surface area contributed by atoms with Crippen LogP contribution in [0.2, 0.25) is 0 Å². The van der Waals surface area contributed by atoms with E-state index in [1.54, 1.807) is 0 Å². The lowest BCUT2D eigenvalue weighted by Gasteiger charge is -2.10. The predicted octanol–water partition coefficient (Wildman–Crippen LogP) is 13.2. The molecular formula is C49H35N. The molecular weight excluding hydrogens is 603 g/mol. The molecule has 236 valence electrons. The molecule has 1 nitrogen and oxygen atoms in total. The molecule has 50 heavy (non-hydrogen) atoms. The van der Waals surface area contributed by atoms with Crippen LogP contribution in [0.3, 0.4) is 0 Å². The molecule has 0 bridgehead atoms. The normalized spacial score (nSPS) is 11.4. The maximum Gasteiger partial charge on any atom is 0.0547 e. The topological polar surface area (TPSA) is 4.93 Å². The number of fused-ring (bicyclic) bond motifs is 5. The van der Waals surface area contributed by atoms with Crippen LogP contribution in [0.4, 0.5) is 0 Å². The summed E-state index contributed by atoms with van der Waals surface area (Å²) < 4.78 is 2.39. The minimum Gasteiger partial charge on any atom is -0.309 e. The summed E-state index contributed by atoms with van der Waals surface area (Å²) in [6.07, 6.45) is 0.827. The van der Waals surface area contributed by atoms with E-state index in [2.05, 4.69) is 199 Å². The summed E-state index contributed by atoms with van der Waals surface area (Å²) in [5.74, 6) is 0. The Morgan fingerprint density at radius 2 is 0.940 bits per heavy atom. The Balaban J connectivity index is 0.983. The van der Waals surface area contributed by atoms with E-state index in [4.69, 9.17) is 0 Å². The van der Waals surface area contributed by atoms with Gasteiger partial charge in [0.15, 0.2) is 0 Å². The first-order valence-corrected chi connectivity index (χ1v) is 17.2. The number of aromatic nitrogens is 1. The maximum atomic E-state index is 4.42. The summed E-state index contributed by atoms with van der Waals surface area (Å²) in [7, 11) is 0. The fourth-order valence-electron chi connectivity index (χ4n) is 7.37. The molecule has 1 aromatic heterocycles. The first kappa shape index (κ1) is 29.7. The molecule has 0 fully saturated rings. The third-order valence-electron chi connectivity index (χ3n) is 9.99. The summed E-state index contributed by atoms with van der Waals surface area (Å²) in [5.41, 5.74) is 14.5. The van der Waals surface area contributed by atoms with E-state index in [0.29, 0.717) is 0 Å². The lowest BCUT2D eigenvalue weighted by Crippen LogP contribution is -1.93. The second-order valence-electron chi connectivity index (χ2n) is 13.1. The van der Waals surface area contributed by atoms with Crippen LogP contribution in [-0.4, -0.2) is 4.57 Å². The van der Waals surface area contributed by atoms with E-state index in [1.807, 2.05) is 0 Å². The number of rotatable bonds is 7. The highest BCUT2D eigenvalue weighted by atomic mass is 15.0.